The number of hydrogen-bond acceptors (Lipinski definition) is 8. The molecule has 3 heterocycles. The number of carbonyl (C=O) groups is 1. The molecule has 1 aliphatic rings. The number of benzene rings is 2. The zero-order valence-corrected chi connectivity index (χ0v) is 15.3. The molecule has 0 bridgehead atoms. The molecule has 12 heteroatoms. The Kier molecular flexibility index (Phi) is 3.77. The summed E-state index contributed by atoms with van der Waals surface area (Å²) < 4.78 is 1.52. The molecule has 0 spiro atoms. The molecule has 5 rings (SSSR count). The zero-order chi connectivity index (χ0) is 20.1. The smallest absolute Gasteiger partial charge is 0.269 e. The maximum absolute atomic E-state index is 12.4. The number of rotatable bonds is 4. The number of non-ortho nitro benzene ring substituents is 1. The lowest BCUT2D eigenvalue weighted by molar-refractivity contribution is -0.384. The third-order valence-corrected chi connectivity index (χ3v) is 5.15. The third kappa shape index (κ3) is 2.63. The highest BCUT2D eigenvalue weighted by molar-refractivity contribution is 6.33. The largest absolute Gasteiger partial charge is 0.275 e. The minimum atomic E-state index is -0.809. The van der Waals surface area contributed by atoms with E-state index in [0.29, 0.717) is 16.7 Å². The first kappa shape index (κ1) is 17.3. The van der Waals surface area contributed by atoms with Crippen LogP contribution in [0.15, 0.2) is 48.5 Å². The molecule has 1 fully saturated rings. The molecular formula is C17H11ClN8O3. The zero-order valence-electron chi connectivity index (χ0n) is 14.5. The van der Waals surface area contributed by atoms with Gasteiger partial charge in [0.15, 0.2) is 5.82 Å². The van der Waals surface area contributed by atoms with E-state index in [1.807, 2.05) is 18.2 Å². The van der Waals surface area contributed by atoms with Crippen molar-refractivity contribution in [2.45, 2.75) is 11.4 Å². The highest BCUT2D eigenvalue weighted by Crippen LogP contribution is 2.39. The van der Waals surface area contributed by atoms with E-state index in [2.05, 4.69) is 25.9 Å². The number of halogens is 1. The summed E-state index contributed by atoms with van der Waals surface area (Å²) in [6.07, 6.45) is 0. The molecule has 0 saturated carbocycles. The summed E-state index contributed by atoms with van der Waals surface area (Å²) in [7, 11) is 0. The summed E-state index contributed by atoms with van der Waals surface area (Å²) >= 11 is 6.22. The van der Waals surface area contributed by atoms with Crippen LogP contribution in [0.2, 0.25) is 0 Å². The summed E-state index contributed by atoms with van der Waals surface area (Å²) in [4.78, 5) is 27.3. The van der Waals surface area contributed by atoms with Crippen LogP contribution >= 0.6 is 11.6 Å². The highest BCUT2D eigenvalue weighted by atomic mass is 35.5. The first-order chi connectivity index (χ1) is 14.0. The number of nitrogens with one attached hydrogen (secondary N) is 1. The second-order valence-electron chi connectivity index (χ2n) is 6.38. The number of fused-ring (bicyclic) bond motifs is 3. The standard InChI is InChI=1S/C17H11ClN8O3/c18-13-14(9-5-7-10(8-6-9)26(28)29)25(17(13)27)21-15-16-20-22-23-24(16)12-4-2-1-3-11(12)19-15/h1-8,13-14H,(H,19,21). The summed E-state index contributed by atoms with van der Waals surface area (Å²) in [5, 5.41) is 23.0. The van der Waals surface area contributed by atoms with E-state index in [1.54, 1.807) is 18.2 Å². The number of para-hydroxylation sites is 2. The summed E-state index contributed by atoms with van der Waals surface area (Å²) in [5.74, 6) is -0.0619. The molecule has 2 atom stereocenters. The Hall–Kier alpha value is -3.86. The average molecular weight is 411 g/mol. The first-order valence-electron chi connectivity index (χ1n) is 8.49. The minimum absolute atomic E-state index is 0.0440. The highest BCUT2D eigenvalue weighted by Gasteiger charge is 2.48. The van der Waals surface area contributed by atoms with Crippen molar-refractivity contribution in [3.05, 3.63) is 64.2 Å². The molecule has 2 aromatic heterocycles. The van der Waals surface area contributed by atoms with Crippen molar-refractivity contribution in [1.29, 1.82) is 0 Å². The predicted octanol–water partition coefficient (Wildman–Crippen LogP) is 2.10. The van der Waals surface area contributed by atoms with Crippen LogP contribution in [0.25, 0.3) is 16.7 Å². The Bertz CT molecular complexity index is 1270. The van der Waals surface area contributed by atoms with E-state index in [-0.39, 0.29) is 17.4 Å². The Morgan fingerprint density at radius 3 is 2.66 bits per heavy atom. The fourth-order valence-electron chi connectivity index (χ4n) is 3.28. The molecule has 1 saturated heterocycles. The van der Waals surface area contributed by atoms with E-state index in [0.717, 1.165) is 5.52 Å². The topological polar surface area (TPSA) is 131 Å². The quantitative estimate of drug-likeness (QED) is 0.234. The molecule has 1 N–H and O–H groups in total. The molecule has 1 aliphatic heterocycles. The fourth-order valence-corrected chi connectivity index (χ4v) is 3.65. The summed E-state index contributed by atoms with van der Waals surface area (Å²) in [6.45, 7) is 0. The Balaban J connectivity index is 1.52. The van der Waals surface area contributed by atoms with Gasteiger partial charge in [-0.2, -0.15) is 4.52 Å². The summed E-state index contributed by atoms with van der Waals surface area (Å²) in [6, 6.07) is 12.7. The fraction of sp³-hybridized carbons (Fsp3) is 0.118. The Morgan fingerprint density at radius 1 is 1.14 bits per heavy atom. The van der Waals surface area contributed by atoms with Crippen LogP contribution in [-0.4, -0.2) is 46.2 Å². The van der Waals surface area contributed by atoms with Crippen molar-refractivity contribution < 1.29 is 9.72 Å². The van der Waals surface area contributed by atoms with Crippen LogP contribution < -0.4 is 5.43 Å². The van der Waals surface area contributed by atoms with Crippen molar-refractivity contribution in [2.75, 3.05) is 5.43 Å². The van der Waals surface area contributed by atoms with Gasteiger partial charge in [-0.3, -0.25) is 20.3 Å². The monoisotopic (exact) mass is 410 g/mol. The molecular weight excluding hydrogens is 400 g/mol. The molecule has 2 unspecified atom stereocenters. The second-order valence-corrected chi connectivity index (χ2v) is 6.85. The SMILES string of the molecule is O=C1C(Cl)C(c2ccc([N+](=O)[O-])cc2)N1Nc1nc2ccccc2n2nnnc12. The lowest BCUT2D eigenvalue weighted by Crippen LogP contribution is -2.58. The van der Waals surface area contributed by atoms with Gasteiger partial charge in [0.25, 0.3) is 11.6 Å². The van der Waals surface area contributed by atoms with Gasteiger partial charge in [-0.05, 0) is 40.3 Å². The molecule has 11 nitrogen and oxygen atoms in total. The molecule has 0 radical (unpaired) electrons. The van der Waals surface area contributed by atoms with Crippen LogP contribution in [0.5, 0.6) is 0 Å². The number of β-lactam (4-membered cyclic amide) rings is 1. The summed E-state index contributed by atoms with van der Waals surface area (Å²) in [5.41, 5.74) is 5.26. The normalized spacial score (nSPS) is 18.8. The predicted molar refractivity (Wildman–Crippen MR) is 102 cm³/mol. The van der Waals surface area contributed by atoms with Crippen LogP contribution in [0, 0.1) is 10.1 Å². The van der Waals surface area contributed by atoms with Gasteiger partial charge in [0.2, 0.25) is 5.65 Å². The van der Waals surface area contributed by atoms with E-state index < -0.39 is 16.3 Å². The number of alkyl halides is 1. The molecule has 4 aromatic rings. The number of amides is 1. The van der Waals surface area contributed by atoms with Gasteiger partial charge in [0, 0.05) is 12.1 Å². The Labute approximate surface area is 167 Å². The molecule has 144 valence electrons. The van der Waals surface area contributed by atoms with E-state index >= 15 is 0 Å². The van der Waals surface area contributed by atoms with Crippen molar-refractivity contribution in [2.24, 2.45) is 0 Å². The van der Waals surface area contributed by atoms with Crippen molar-refractivity contribution >= 4 is 45.7 Å². The van der Waals surface area contributed by atoms with Gasteiger partial charge in [0.1, 0.15) is 11.4 Å². The first-order valence-corrected chi connectivity index (χ1v) is 8.93. The number of aromatic nitrogens is 5. The Morgan fingerprint density at radius 2 is 1.90 bits per heavy atom. The maximum atomic E-state index is 12.4. The minimum Gasteiger partial charge on any atom is -0.275 e. The van der Waals surface area contributed by atoms with Crippen LogP contribution in [-0.2, 0) is 4.79 Å². The number of nitro benzene ring substituents is 1. The van der Waals surface area contributed by atoms with Gasteiger partial charge in [-0.25, -0.2) is 9.99 Å². The molecule has 2 aromatic carbocycles. The van der Waals surface area contributed by atoms with Gasteiger partial charge in [-0.15, -0.1) is 16.7 Å². The van der Waals surface area contributed by atoms with Crippen LogP contribution in [0.1, 0.15) is 11.6 Å². The van der Waals surface area contributed by atoms with Gasteiger partial charge >= 0.3 is 0 Å². The van der Waals surface area contributed by atoms with E-state index in [9.17, 15) is 14.9 Å². The number of nitrogens with zero attached hydrogens (tertiary/aromatic N) is 7. The number of anilines is 1. The van der Waals surface area contributed by atoms with Crippen LogP contribution in [0.3, 0.4) is 0 Å². The van der Waals surface area contributed by atoms with Gasteiger partial charge in [0.05, 0.1) is 16.0 Å². The van der Waals surface area contributed by atoms with Crippen LogP contribution in [0.4, 0.5) is 11.5 Å². The lowest BCUT2D eigenvalue weighted by Gasteiger charge is -2.44. The average Bonchev–Trinajstić information content (AvgIpc) is 3.24. The van der Waals surface area contributed by atoms with Gasteiger partial charge in [-0.1, -0.05) is 12.1 Å². The van der Waals surface area contributed by atoms with Crippen molar-refractivity contribution in [3.8, 4) is 0 Å². The molecule has 1 amide bonds. The van der Waals surface area contributed by atoms with Crippen molar-refractivity contribution in [1.82, 2.24) is 30.0 Å². The van der Waals surface area contributed by atoms with E-state index in [1.165, 1.54) is 21.7 Å². The number of carbonyl (C=O) groups excluding carboxylic acids is 1. The number of hydrogen-bond donors (Lipinski definition) is 1. The maximum Gasteiger partial charge on any atom is 0.269 e. The third-order valence-electron chi connectivity index (χ3n) is 4.72. The molecule has 0 aliphatic carbocycles. The van der Waals surface area contributed by atoms with Crippen molar-refractivity contribution in [3.63, 3.8) is 0 Å². The number of tetrazole rings is 1. The molecule has 29 heavy (non-hydrogen) atoms. The number of nitro groups is 1. The second kappa shape index (κ2) is 6.34. The number of hydrazine groups is 1. The lowest BCUT2D eigenvalue weighted by atomic mass is 9.95. The van der Waals surface area contributed by atoms with Gasteiger partial charge < -0.3 is 0 Å². The van der Waals surface area contributed by atoms with E-state index in [4.69, 9.17) is 11.6 Å².